The summed E-state index contributed by atoms with van der Waals surface area (Å²) in [5.74, 6) is 0.0432. The van der Waals surface area contributed by atoms with Gasteiger partial charge in [0.05, 0.1) is 17.1 Å². The van der Waals surface area contributed by atoms with Crippen LogP contribution < -0.4 is 5.32 Å². The second-order valence-corrected chi connectivity index (χ2v) is 10.5. The number of hydrogen-bond donors (Lipinski definition) is 2. The Balaban J connectivity index is 2.24. The van der Waals surface area contributed by atoms with Crippen LogP contribution in [0.5, 0.6) is 0 Å². The number of aliphatic carboxylic acids is 1. The first kappa shape index (κ1) is 27.6. The van der Waals surface area contributed by atoms with Gasteiger partial charge in [-0.25, -0.2) is 0 Å². The molecule has 34 heavy (non-hydrogen) atoms. The zero-order valence-corrected chi connectivity index (χ0v) is 22.4. The van der Waals surface area contributed by atoms with E-state index in [0.29, 0.717) is 10.8 Å². The molecule has 0 fully saturated rings. The summed E-state index contributed by atoms with van der Waals surface area (Å²) in [5.41, 5.74) is 4.77. The van der Waals surface area contributed by atoms with Crippen molar-refractivity contribution < 1.29 is 19.4 Å². The molecular formula is C27H35NO4S2. The van der Waals surface area contributed by atoms with Crippen LogP contribution >= 0.6 is 22.7 Å². The molecule has 184 valence electrons. The Morgan fingerprint density at radius 3 is 2.50 bits per heavy atom. The van der Waals surface area contributed by atoms with Crippen LogP contribution in [0.2, 0.25) is 0 Å². The number of amides is 1. The maximum atomic E-state index is 12.4. The summed E-state index contributed by atoms with van der Waals surface area (Å²) < 4.78 is 6.42. The molecule has 0 saturated heterocycles. The average Bonchev–Trinajstić information content (AvgIpc) is 3.45. The smallest absolute Gasteiger partial charge is 0.305 e. The zero-order chi connectivity index (χ0) is 25.3. The molecular weight excluding hydrogens is 466 g/mol. The molecule has 2 aromatic heterocycles. The van der Waals surface area contributed by atoms with E-state index >= 15 is 0 Å². The third-order valence-corrected chi connectivity index (χ3v) is 7.12. The number of ether oxygens (including phenoxy) is 1. The Hall–Kier alpha value is -2.64. The van der Waals surface area contributed by atoms with Gasteiger partial charge in [0.1, 0.15) is 6.10 Å². The van der Waals surface area contributed by atoms with E-state index < -0.39 is 5.97 Å². The van der Waals surface area contributed by atoms with Crippen LogP contribution in [-0.4, -0.2) is 23.5 Å². The van der Waals surface area contributed by atoms with E-state index in [2.05, 4.69) is 62.0 Å². The van der Waals surface area contributed by atoms with E-state index in [1.165, 1.54) is 28.0 Å². The molecule has 0 aliphatic rings. The van der Waals surface area contributed by atoms with E-state index in [1.54, 1.807) is 17.4 Å². The standard InChI is InChI=1S/C27H35NO4S2/c1-7-18(4)26(21-11-13-33-16-21)19(5)15-20(6)32-22(14-17(2)3)23-8-9-24(34-23)27(31)28-12-10-25(29)30/h7-9,11,13,15-17,22H,10,12,14H2,1-6H3,(H,28,31)(H,29,30)/b18-7-,20-15+,26-19+. The minimum Gasteiger partial charge on any atom is -0.490 e. The number of carboxylic acid groups (broad SMARTS) is 1. The van der Waals surface area contributed by atoms with E-state index in [4.69, 9.17) is 9.84 Å². The van der Waals surface area contributed by atoms with Crippen molar-refractivity contribution in [3.63, 3.8) is 0 Å². The van der Waals surface area contributed by atoms with Crippen LogP contribution in [0.4, 0.5) is 0 Å². The molecule has 1 unspecified atom stereocenters. The van der Waals surface area contributed by atoms with Gasteiger partial charge in [-0.2, -0.15) is 11.3 Å². The normalized spacial score (nSPS) is 14.1. The third kappa shape index (κ3) is 8.29. The van der Waals surface area contributed by atoms with E-state index in [0.717, 1.165) is 22.6 Å². The topological polar surface area (TPSA) is 75.6 Å². The highest BCUT2D eigenvalue weighted by Crippen LogP contribution is 2.34. The van der Waals surface area contributed by atoms with Crippen LogP contribution in [0.15, 0.2) is 58.0 Å². The summed E-state index contributed by atoms with van der Waals surface area (Å²) >= 11 is 3.08. The number of carboxylic acids is 1. The van der Waals surface area contributed by atoms with Crippen molar-refractivity contribution in [3.8, 4) is 0 Å². The second-order valence-electron chi connectivity index (χ2n) is 8.63. The minimum absolute atomic E-state index is 0.0972. The maximum absolute atomic E-state index is 12.4. The molecule has 1 atom stereocenters. The number of rotatable bonds is 12. The zero-order valence-electron chi connectivity index (χ0n) is 20.8. The number of thiophene rings is 2. The van der Waals surface area contributed by atoms with E-state index in [-0.39, 0.29) is 25.0 Å². The van der Waals surface area contributed by atoms with Gasteiger partial charge in [0, 0.05) is 11.4 Å². The van der Waals surface area contributed by atoms with Crippen LogP contribution in [0, 0.1) is 5.92 Å². The Morgan fingerprint density at radius 1 is 1.18 bits per heavy atom. The van der Waals surface area contributed by atoms with Gasteiger partial charge >= 0.3 is 5.97 Å². The molecule has 7 heteroatoms. The Bertz CT molecular complexity index is 1060. The molecule has 1 amide bonds. The molecule has 0 bridgehead atoms. The number of hydrogen-bond acceptors (Lipinski definition) is 5. The van der Waals surface area contributed by atoms with Crippen molar-refractivity contribution in [2.75, 3.05) is 6.54 Å². The van der Waals surface area contributed by atoms with Gasteiger partial charge in [-0.05, 0) is 97.4 Å². The largest absolute Gasteiger partial charge is 0.490 e. The van der Waals surface area contributed by atoms with E-state index in [9.17, 15) is 9.59 Å². The number of allylic oxidation sites excluding steroid dienone is 6. The monoisotopic (exact) mass is 501 g/mol. The minimum atomic E-state index is -0.934. The lowest BCUT2D eigenvalue weighted by Crippen LogP contribution is -2.25. The molecule has 5 nitrogen and oxygen atoms in total. The lowest BCUT2D eigenvalue weighted by atomic mass is 9.96. The highest BCUT2D eigenvalue weighted by Gasteiger charge is 2.20. The lowest BCUT2D eigenvalue weighted by molar-refractivity contribution is -0.136. The Labute approximate surface area is 210 Å². The molecule has 2 aromatic rings. The Kier molecular flexibility index (Phi) is 10.8. The lowest BCUT2D eigenvalue weighted by Gasteiger charge is -2.21. The summed E-state index contributed by atoms with van der Waals surface area (Å²) in [6, 6.07) is 5.85. The van der Waals surface area contributed by atoms with Crippen LogP contribution in [0.1, 0.15) is 80.6 Å². The van der Waals surface area contributed by atoms with Crippen molar-refractivity contribution in [1.29, 1.82) is 0 Å². The molecule has 2 N–H and O–H groups in total. The third-order valence-electron chi connectivity index (χ3n) is 5.26. The molecule has 0 spiro atoms. The maximum Gasteiger partial charge on any atom is 0.305 e. The summed E-state index contributed by atoms with van der Waals surface area (Å²) in [4.78, 5) is 24.6. The first-order valence-electron chi connectivity index (χ1n) is 11.4. The predicted molar refractivity (Wildman–Crippen MR) is 142 cm³/mol. The molecule has 0 aromatic carbocycles. The summed E-state index contributed by atoms with van der Waals surface area (Å²) in [7, 11) is 0. The van der Waals surface area contributed by atoms with Gasteiger partial charge in [-0.1, -0.05) is 19.9 Å². The van der Waals surface area contributed by atoms with Crippen LogP contribution in [0.25, 0.3) is 5.57 Å². The highest BCUT2D eigenvalue weighted by atomic mass is 32.1. The predicted octanol–water partition coefficient (Wildman–Crippen LogP) is 7.46. The van der Waals surface area contributed by atoms with Crippen LogP contribution in [-0.2, 0) is 9.53 Å². The average molecular weight is 502 g/mol. The quantitative estimate of drug-likeness (QED) is 0.234. The van der Waals surface area contributed by atoms with Gasteiger partial charge < -0.3 is 15.2 Å². The molecule has 2 heterocycles. The highest BCUT2D eigenvalue weighted by molar-refractivity contribution is 7.14. The fourth-order valence-electron chi connectivity index (χ4n) is 3.62. The van der Waals surface area contributed by atoms with Gasteiger partial charge in [-0.3, -0.25) is 9.59 Å². The number of nitrogens with one attached hydrogen (secondary N) is 1. The molecule has 0 saturated carbocycles. The van der Waals surface area contributed by atoms with Gasteiger partial charge in [0.15, 0.2) is 0 Å². The fourth-order valence-corrected chi connectivity index (χ4v) is 5.23. The van der Waals surface area contributed by atoms with Crippen molar-refractivity contribution >= 4 is 40.1 Å². The van der Waals surface area contributed by atoms with Crippen LogP contribution in [0.3, 0.4) is 0 Å². The van der Waals surface area contributed by atoms with Crippen molar-refractivity contribution in [2.45, 2.75) is 60.5 Å². The summed E-state index contributed by atoms with van der Waals surface area (Å²) in [6.07, 6.45) is 4.76. The molecule has 0 aliphatic carbocycles. The number of carbonyl (C=O) groups excluding carboxylic acids is 1. The first-order valence-corrected chi connectivity index (χ1v) is 13.2. The van der Waals surface area contributed by atoms with E-state index in [1.807, 2.05) is 19.9 Å². The molecule has 0 aliphatic heterocycles. The van der Waals surface area contributed by atoms with Gasteiger partial charge in [-0.15, -0.1) is 11.3 Å². The Morgan fingerprint density at radius 2 is 1.91 bits per heavy atom. The van der Waals surface area contributed by atoms with Crippen molar-refractivity contribution in [2.24, 2.45) is 5.92 Å². The number of carbonyl (C=O) groups is 2. The van der Waals surface area contributed by atoms with Crippen molar-refractivity contribution in [3.05, 3.63) is 73.3 Å². The first-order chi connectivity index (χ1) is 16.1. The second kappa shape index (κ2) is 13.3. The molecule has 0 radical (unpaired) electrons. The van der Waals surface area contributed by atoms with Gasteiger partial charge in [0.25, 0.3) is 5.91 Å². The van der Waals surface area contributed by atoms with Gasteiger partial charge in [0.2, 0.25) is 0 Å². The SMILES string of the molecule is C\C=C(C)/C(=C(C)\C=C(/C)OC(CC(C)C)c1ccc(C(=O)NCCC(=O)O)s1)c1ccsc1. The van der Waals surface area contributed by atoms with Crippen molar-refractivity contribution in [1.82, 2.24) is 5.32 Å². The fraction of sp³-hybridized carbons (Fsp3) is 0.407. The summed E-state index contributed by atoms with van der Waals surface area (Å²) in [5, 5.41) is 15.7. The summed E-state index contributed by atoms with van der Waals surface area (Å²) in [6.45, 7) is 12.7. The molecule has 2 rings (SSSR count).